The lowest BCUT2D eigenvalue weighted by molar-refractivity contribution is 0.0954. The van der Waals surface area contributed by atoms with Crippen molar-refractivity contribution in [2.75, 3.05) is 25.5 Å². The Kier molecular flexibility index (Phi) is 10.7. The number of aromatic nitrogens is 1. The van der Waals surface area contributed by atoms with E-state index in [9.17, 15) is 9.18 Å². The second-order valence-corrected chi connectivity index (χ2v) is 4.72. The molecule has 132 valence electrons. The van der Waals surface area contributed by atoms with Gasteiger partial charge in [-0.25, -0.2) is 9.37 Å². The summed E-state index contributed by atoms with van der Waals surface area (Å²) < 4.78 is 13.7. The number of anilines is 2. The molecule has 0 saturated carbocycles. The van der Waals surface area contributed by atoms with Crippen LogP contribution in [-0.4, -0.2) is 31.0 Å². The van der Waals surface area contributed by atoms with Crippen molar-refractivity contribution >= 4 is 42.2 Å². The van der Waals surface area contributed by atoms with Gasteiger partial charge in [-0.1, -0.05) is 12.1 Å². The van der Waals surface area contributed by atoms with Gasteiger partial charge in [0.25, 0.3) is 5.91 Å². The fourth-order valence-electron chi connectivity index (χ4n) is 1.94. The Hall–Kier alpha value is -1.89. The molecule has 2 aromatic rings. The standard InChI is InChI=1S/C16H19FN4O.2ClH/c1-18-9-5-11-20-16(22)12-6-4-10-19-15(12)21-14-8-3-2-7-13(14)17;;/h2-4,6-8,10,18H,5,9,11H2,1H3,(H,19,21)(H,20,22);2*1H. The Morgan fingerprint density at radius 2 is 1.88 bits per heavy atom. The molecule has 0 radical (unpaired) electrons. The molecule has 0 aliphatic rings. The van der Waals surface area contributed by atoms with E-state index in [4.69, 9.17) is 0 Å². The first-order valence-corrected chi connectivity index (χ1v) is 7.11. The predicted octanol–water partition coefficient (Wildman–Crippen LogP) is 3.15. The van der Waals surface area contributed by atoms with Crippen molar-refractivity contribution in [3.05, 3.63) is 54.0 Å². The molecular weight excluding hydrogens is 354 g/mol. The monoisotopic (exact) mass is 374 g/mol. The normalized spacial score (nSPS) is 9.42. The van der Waals surface area contributed by atoms with Crippen LogP contribution in [0.2, 0.25) is 0 Å². The number of benzene rings is 1. The van der Waals surface area contributed by atoms with E-state index in [0.717, 1.165) is 13.0 Å². The number of nitrogens with zero attached hydrogens (tertiary/aromatic N) is 1. The van der Waals surface area contributed by atoms with Crippen LogP contribution in [0, 0.1) is 5.82 Å². The highest BCUT2D eigenvalue weighted by atomic mass is 35.5. The molecule has 5 nitrogen and oxygen atoms in total. The van der Waals surface area contributed by atoms with E-state index in [2.05, 4.69) is 20.9 Å². The number of hydrogen-bond acceptors (Lipinski definition) is 4. The van der Waals surface area contributed by atoms with Crippen LogP contribution in [0.25, 0.3) is 0 Å². The maximum atomic E-state index is 13.7. The van der Waals surface area contributed by atoms with Crippen molar-refractivity contribution in [1.29, 1.82) is 0 Å². The first-order valence-electron chi connectivity index (χ1n) is 7.11. The van der Waals surface area contributed by atoms with Crippen LogP contribution in [0.15, 0.2) is 42.6 Å². The number of carbonyl (C=O) groups excluding carboxylic acids is 1. The van der Waals surface area contributed by atoms with Gasteiger partial charge in [-0.05, 0) is 44.3 Å². The molecule has 3 N–H and O–H groups in total. The van der Waals surface area contributed by atoms with Crippen molar-refractivity contribution in [3.63, 3.8) is 0 Å². The number of pyridine rings is 1. The summed E-state index contributed by atoms with van der Waals surface area (Å²) in [6.07, 6.45) is 2.39. The van der Waals surface area contributed by atoms with Crippen molar-refractivity contribution in [1.82, 2.24) is 15.6 Å². The Balaban J connectivity index is 0.00000264. The third kappa shape index (κ3) is 6.31. The topological polar surface area (TPSA) is 66.0 Å². The van der Waals surface area contributed by atoms with E-state index < -0.39 is 5.82 Å². The summed E-state index contributed by atoms with van der Waals surface area (Å²) in [5.41, 5.74) is 0.667. The molecule has 0 spiro atoms. The summed E-state index contributed by atoms with van der Waals surface area (Å²) in [4.78, 5) is 16.3. The molecule has 1 heterocycles. The zero-order chi connectivity index (χ0) is 15.8. The van der Waals surface area contributed by atoms with E-state index >= 15 is 0 Å². The van der Waals surface area contributed by atoms with Crippen molar-refractivity contribution in [3.8, 4) is 0 Å². The minimum atomic E-state index is -0.395. The summed E-state index contributed by atoms with van der Waals surface area (Å²) in [5, 5.41) is 8.70. The third-order valence-corrected chi connectivity index (χ3v) is 3.07. The zero-order valence-electron chi connectivity index (χ0n) is 13.2. The van der Waals surface area contributed by atoms with Gasteiger partial charge in [-0.15, -0.1) is 24.8 Å². The van der Waals surface area contributed by atoms with E-state index in [1.165, 1.54) is 6.07 Å². The second kappa shape index (κ2) is 11.6. The fourth-order valence-corrected chi connectivity index (χ4v) is 1.94. The molecule has 0 atom stereocenters. The van der Waals surface area contributed by atoms with Crippen molar-refractivity contribution in [2.24, 2.45) is 0 Å². The van der Waals surface area contributed by atoms with Gasteiger partial charge in [0.15, 0.2) is 0 Å². The molecule has 0 aliphatic carbocycles. The van der Waals surface area contributed by atoms with Gasteiger partial charge >= 0.3 is 0 Å². The number of amides is 1. The Bertz CT molecular complexity index is 643. The summed E-state index contributed by atoms with van der Waals surface area (Å²) in [6.45, 7) is 1.39. The minimum Gasteiger partial charge on any atom is -0.352 e. The highest BCUT2D eigenvalue weighted by Gasteiger charge is 2.13. The quantitative estimate of drug-likeness (QED) is 0.651. The highest BCUT2D eigenvalue weighted by molar-refractivity contribution is 5.99. The molecule has 1 aromatic heterocycles. The molecule has 8 heteroatoms. The highest BCUT2D eigenvalue weighted by Crippen LogP contribution is 2.20. The van der Waals surface area contributed by atoms with Crippen molar-refractivity contribution < 1.29 is 9.18 Å². The maximum absolute atomic E-state index is 13.7. The summed E-state index contributed by atoms with van der Waals surface area (Å²) >= 11 is 0. The molecule has 0 saturated heterocycles. The third-order valence-electron chi connectivity index (χ3n) is 3.07. The number of rotatable bonds is 7. The molecule has 0 aliphatic heterocycles. The van der Waals surface area contributed by atoms with Crippen LogP contribution in [0.3, 0.4) is 0 Å². The average Bonchev–Trinajstić information content (AvgIpc) is 2.54. The SMILES string of the molecule is CNCCCNC(=O)c1cccnc1Nc1ccccc1F.Cl.Cl. The molecular formula is C16H21Cl2FN4O. The molecule has 24 heavy (non-hydrogen) atoms. The van der Waals surface area contributed by atoms with Crippen molar-refractivity contribution in [2.45, 2.75) is 6.42 Å². The van der Waals surface area contributed by atoms with Gasteiger partial charge in [0.05, 0.1) is 11.3 Å². The Morgan fingerprint density at radius 1 is 1.12 bits per heavy atom. The molecule has 1 amide bonds. The number of nitrogens with one attached hydrogen (secondary N) is 3. The fraction of sp³-hybridized carbons (Fsp3) is 0.250. The second-order valence-electron chi connectivity index (χ2n) is 4.72. The molecule has 0 fully saturated rings. The zero-order valence-corrected chi connectivity index (χ0v) is 14.8. The maximum Gasteiger partial charge on any atom is 0.255 e. The largest absolute Gasteiger partial charge is 0.352 e. The molecule has 2 rings (SSSR count). The van der Waals surface area contributed by atoms with Gasteiger partial charge in [-0.2, -0.15) is 0 Å². The minimum absolute atomic E-state index is 0. The van der Waals surface area contributed by atoms with Crippen LogP contribution >= 0.6 is 24.8 Å². The van der Waals surface area contributed by atoms with E-state index in [1.807, 2.05) is 7.05 Å². The first-order chi connectivity index (χ1) is 10.7. The lowest BCUT2D eigenvalue weighted by atomic mass is 10.2. The number of hydrogen-bond donors (Lipinski definition) is 3. The smallest absolute Gasteiger partial charge is 0.255 e. The Morgan fingerprint density at radius 3 is 2.58 bits per heavy atom. The van der Waals surface area contributed by atoms with Crippen LogP contribution in [0.1, 0.15) is 16.8 Å². The van der Waals surface area contributed by atoms with Crippen LogP contribution in [0.4, 0.5) is 15.9 Å². The molecule has 0 unspecified atom stereocenters. The number of halogens is 3. The van der Waals surface area contributed by atoms with Gasteiger partial charge in [0.2, 0.25) is 0 Å². The molecule has 0 bridgehead atoms. The average molecular weight is 375 g/mol. The van der Waals surface area contributed by atoms with Crippen LogP contribution < -0.4 is 16.0 Å². The summed E-state index contributed by atoms with van der Waals surface area (Å²) in [5.74, 6) is -0.296. The predicted molar refractivity (Wildman–Crippen MR) is 99.3 cm³/mol. The van der Waals surface area contributed by atoms with Gasteiger partial charge in [0.1, 0.15) is 11.6 Å². The molecule has 1 aromatic carbocycles. The van der Waals surface area contributed by atoms with Crippen LogP contribution in [0.5, 0.6) is 0 Å². The van der Waals surface area contributed by atoms with E-state index in [0.29, 0.717) is 17.9 Å². The first kappa shape index (κ1) is 22.1. The van der Waals surface area contributed by atoms with Crippen LogP contribution in [-0.2, 0) is 0 Å². The van der Waals surface area contributed by atoms with E-state index in [-0.39, 0.29) is 36.4 Å². The van der Waals surface area contributed by atoms with Gasteiger partial charge in [-0.3, -0.25) is 4.79 Å². The van der Waals surface area contributed by atoms with Gasteiger partial charge in [0, 0.05) is 12.7 Å². The van der Waals surface area contributed by atoms with Gasteiger partial charge < -0.3 is 16.0 Å². The lowest BCUT2D eigenvalue weighted by Gasteiger charge is -2.11. The van der Waals surface area contributed by atoms with E-state index in [1.54, 1.807) is 36.5 Å². The Labute approximate surface area is 153 Å². The summed E-state index contributed by atoms with van der Waals surface area (Å²) in [6, 6.07) is 9.60. The number of para-hydroxylation sites is 1. The summed E-state index contributed by atoms with van der Waals surface area (Å²) in [7, 11) is 1.86. The lowest BCUT2D eigenvalue weighted by Crippen LogP contribution is -2.27. The number of carbonyl (C=O) groups is 1.